The molecule has 1 saturated heterocycles. The minimum atomic E-state index is -3.39. The molecule has 0 spiro atoms. The zero-order chi connectivity index (χ0) is 23.0. The predicted molar refractivity (Wildman–Crippen MR) is 127 cm³/mol. The van der Waals surface area contributed by atoms with Crippen molar-refractivity contribution in [3.63, 3.8) is 0 Å². The fraction of sp³-hybridized carbons (Fsp3) is 0.458. The Morgan fingerprint density at radius 2 is 1.81 bits per heavy atom. The molecule has 0 aromatic heterocycles. The quantitative estimate of drug-likeness (QED) is 0.372. The van der Waals surface area contributed by atoms with Crippen LogP contribution < -0.4 is 10.1 Å². The van der Waals surface area contributed by atoms with Crippen LogP contribution in [0.5, 0.6) is 11.5 Å². The SMILES string of the molecule is CCCCNc1cc(C(=O)OC)cc(S(=N)(=O)N2CCCCCC2)c1Oc1ccccc1. The van der Waals surface area contributed by atoms with Crippen molar-refractivity contribution in [3.8, 4) is 11.5 Å². The molecule has 0 aliphatic carbocycles. The van der Waals surface area contributed by atoms with Crippen molar-refractivity contribution in [3.05, 3.63) is 48.0 Å². The van der Waals surface area contributed by atoms with Crippen LogP contribution in [-0.2, 0) is 14.7 Å². The molecule has 1 heterocycles. The molecule has 0 radical (unpaired) electrons. The Balaban J connectivity index is 2.15. The van der Waals surface area contributed by atoms with E-state index in [9.17, 15) is 9.00 Å². The fourth-order valence-corrected chi connectivity index (χ4v) is 5.46. The molecule has 174 valence electrons. The number of methoxy groups -OCH3 is 1. The van der Waals surface area contributed by atoms with Gasteiger partial charge in [-0.1, -0.05) is 44.4 Å². The number of hydrogen-bond acceptors (Lipinski definition) is 6. The Morgan fingerprint density at radius 3 is 2.44 bits per heavy atom. The molecule has 0 amide bonds. The summed E-state index contributed by atoms with van der Waals surface area (Å²) < 4.78 is 35.8. The summed E-state index contributed by atoms with van der Waals surface area (Å²) in [5, 5.41) is 3.32. The highest BCUT2D eigenvalue weighted by Gasteiger charge is 2.29. The molecule has 7 nitrogen and oxygen atoms in total. The zero-order valence-corrected chi connectivity index (χ0v) is 19.7. The standard InChI is InChI=1S/C24H33N3O4S/c1-3-4-14-26-21-17-19(24(28)30-2)18-22(23(21)31-20-12-8-7-9-13-20)32(25,29)27-15-10-5-6-11-16-27/h7-9,12-13,17-18,25-26H,3-6,10-11,14-16H2,1-2H3. The molecule has 1 fully saturated rings. The highest BCUT2D eigenvalue weighted by molar-refractivity contribution is 7.90. The van der Waals surface area contributed by atoms with Crippen LogP contribution in [0.15, 0.2) is 47.4 Å². The monoisotopic (exact) mass is 459 g/mol. The smallest absolute Gasteiger partial charge is 0.337 e. The molecule has 32 heavy (non-hydrogen) atoms. The molecule has 0 saturated carbocycles. The first-order chi connectivity index (χ1) is 15.5. The van der Waals surface area contributed by atoms with Gasteiger partial charge < -0.3 is 14.8 Å². The lowest BCUT2D eigenvalue weighted by atomic mass is 10.1. The van der Waals surface area contributed by atoms with Gasteiger partial charge in [0.2, 0.25) is 0 Å². The molecule has 1 aliphatic heterocycles. The zero-order valence-electron chi connectivity index (χ0n) is 18.9. The molecule has 0 bridgehead atoms. The van der Waals surface area contributed by atoms with Crippen molar-refractivity contribution in [2.45, 2.75) is 50.3 Å². The van der Waals surface area contributed by atoms with Gasteiger partial charge in [0.05, 0.1) is 18.4 Å². The van der Waals surface area contributed by atoms with Gasteiger partial charge in [0.15, 0.2) is 5.75 Å². The highest BCUT2D eigenvalue weighted by Crippen LogP contribution is 2.39. The normalized spacial score (nSPS) is 16.6. The van der Waals surface area contributed by atoms with Gasteiger partial charge in [0.1, 0.15) is 20.6 Å². The van der Waals surface area contributed by atoms with Gasteiger partial charge >= 0.3 is 5.97 Å². The number of ether oxygens (including phenoxy) is 2. The topological polar surface area (TPSA) is 91.7 Å². The van der Waals surface area contributed by atoms with E-state index in [1.54, 1.807) is 10.4 Å². The lowest BCUT2D eigenvalue weighted by Gasteiger charge is -2.26. The van der Waals surface area contributed by atoms with E-state index in [1.807, 2.05) is 30.3 Å². The maximum absolute atomic E-state index is 14.0. The number of carbonyl (C=O) groups is 1. The number of benzene rings is 2. The fourth-order valence-electron chi connectivity index (χ4n) is 3.72. The third-order valence-corrected chi connectivity index (χ3v) is 7.50. The summed E-state index contributed by atoms with van der Waals surface area (Å²) in [7, 11) is -2.08. The van der Waals surface area contributed by atoms with Crippen molar-refractivity contribution in [1.82, 2.24) is 4.31 Å². The van der Waals surface area contributed by atoms with Crippen LogP contribution in [0.4, 0.5) is 5.69 Å². The number of anilines is 1. The van der Waals surface area contributed by atoms with Gasteiger partial charge in [0, 0.05) is 19.6 Å². The van der Waals surface area contributed by atoms with Crippen molar-refractivity contribution in [2.24, 2.45) is 0 Å². The van der Waals surface area contributed by atoms with Crippen LogP contribution in [0.1, 0.15) is 55.8 Å². The average molecular weight is 460 g/mol. The first-order valence-electron chi connectivity index (χ1n) is 11.2. The number of rotatable bonds is 9. The Hall–Kier alpha value is -2.58. The third kappa shape index (κ3) is 5.81. The van der Waals surface area contributed by atoms with Gasteiger partial charge in [-0.2, -0.15) is 0 Å². The van der Waals surface area contributed by atoms with Gasteiger partial charge in [-0.15, -0.1) is 0 Å². The number of esters is 1. The number of carbonyl (C=O) groups excluding carboxylic acids is 1. The van der Waals surface area contributed by atoms with Crippen molar-refractivity contribution < 1.29 is 18.5 Å². The second-order valence-electron chi connectivity index (χ2n) is 7.91. The van der Waals surface area contributed by atoms with E-state index in [2.05, 4.69) is 12.2 Å². The Bertz CT molecular complexity index is 1000. The van der Waals surface area contributed by atoms with E-state index in [-0.39, 0.29) is 10.5 Å². The average Bonchev–Trinajstić information content (AvgIpc) is 3.10. The maximum Gasteiger partial charge on any atom is 0.337 e. The van der Waals surface area contributed by atoms with Gasteiger partial charge in [-0.05, 0) is 43.5 Å². The Kier molecular flexibility index (Phi) is 8.53. The van der Waals surface area contributed by atoms with Crippen LogP contribution in [0.3, 0.4) is 0 Å². The number of unbranched alkanes of at least 4 members (excludes halogenated alkanes) is 1. The summed E-state index contributed by atoms with van der Waals surface area (Å²) in [5.41, 5.74) is 0.784. The number of para-hydroxylation sites is 1. The van der Waals surface area contributed by atoms with Gasteiger partial charge in [-0.3, -0.25) is 0 Å². The summed E-state index contributed by atoms with van der Waals surface area (Å²) in [4.78, 5) is 12.6. The molecular weight excluding hydrogens is 426 g/mol. The minimum Gasteiger partial charge on any atom is -0.465 e. The van der Waals surface area contributed by atoms with E-state index in [4.69, 9.17) is 14.3 Å². The number of nitrogens with zero attached hydrogens (tertiary/aromatic N) is 1. The van der Waals surface area contributed by atoms with Crippen molar-refractivity contribution in [2.75, 3.05) is 32.1 Å². The molecule has 1 unspecified atom stereocenters. The summed E-state index contributed by atoms with van der Waals surface area (Å²) in [6, 6.07) is 12.4. The van der Waals surface area contributed by atoms with Crippen LogP contribution in [0.2, 0.25) is 0 Å². The lowest BCUT2D eigenvalue weighted by Crippen LogP contribution is -2.31. The summed E-state index contributed by atoms with van der Waals surface area (Å²) in [6.07, 6.45) is 5.82. The molecular formula is C24H33N3O4S. The third-order valence-electron chi connectivity index (χ3n) is 5.51. The second kappa shape index (κ2) is 11.3. The molecule has 2 aromatic carbocycles. The summed E-state index contributed by atoms with van der Waals surface area (Å²) in [6.45, 7) is 3.91. The van der Waals surface area contributed by atoms with E-state index < -0.39 is 15.9 Å². The van der Waals surface area contributed by atoms with Gasteiger partial charge in [0.25, 0.3) is 0 Å². The maximum atomic E-state index is 14.0. The molecule has 2 aromatic rings. The minimum absolute atomic E-state index is 0.199. The van der Waals surface area contributed by atoms with E-state index >= 15 is 0 Å². The van der Waals surface area contributed by atoms with E-state index in [0.717, 1.165) is 38.5 Å². The van der Waals surface area contributed by atoms with Crippen molar-refractivity contribution >= 4 is 21.6 Å². The summed E-state index contributed by atoms with van der Waals surface area (Å²) >= 11 is 0. The molecule has 3 rings (SSSR count). The summed E-state index contributed by atoms with van der Waals surface area (Å²) in [5.74, 6) is 0.357. The van der Waals surface area contributed by atoms with E-state index in [0.29, 0.717) is 36.8 Å². The highest BCUT2D eigenvalue weighted by atomic mass is 32.2. The Morgan fingerprint density at radius 1 is 1.12 bits per heavy atom. The molecule has 2 N–H and O–H groups in total. The van der Waals surface area contributed by atoms with Crippen LogP contribution in [-0.4, -0.2) is 41.2 Å². The van der Waals surface area contributed by atoms with Crippen LogP contribution in [0, 0.1) is 4.78 Å². The second-order valence-corrected chi connectivity index (χ2v) is 9.92. The first-order valence-corrected chi connectivity index (χ1v) is 12.8. The Labute approximate surface area is 191 Å². The van der Waals surface area contributed by atoms with Crippen LogP contribution >= 0.6 is 0 Å². The molecule has 1 atom stereocenters. The van der Waals surface area contributed by atoms with Crippen LogP contribution in [0.25, 0.3) is 0 Å². The lowest BCUT2D eigenvalue weighted by molar-refractivity contribution is 0.0600. The first kappa shape index (κ1) is 24.1. The van der Waals surface area contributed by atoms with Crippen molar-refractivity contribution in [1.29, 1.82) is 4.78 Å². The number of hydrogen-bond donors (Lipinski definition) is 2. The van der Waals surface area contributed by atoms with E-state index in [1.165, 1.54) is 13.2 Å². The molecule has 8 heteroatoms. The predicted octanol–water partition coefficient (Wildman–Crippen LogP) is 5.67. The largest absolute Gasteiger partial charge is 0.465 e. The molecule has 1 aliphatic rings. The van der Waals surface area contributed by atoms with Gasteiger partial charge in [-0.25, -0.2) is 18.1 Å². The number of nitrogens with one attached hydrogen (secondary N) is 2.